The first-order valence-corrected chi connectivity index (χ1v) is 12.5. The maximum absolute atomic E-state index is 12.8. The fraction of sp³-hybridized carbons (Fsp3) is 0.250. The monoisotopic (exact) mass is 519 g/mol. The zero-order valence-corrected chi connectivity index (χ0v) is 21.1. The fourth-order valence-corrected chi connectivity index (χ4v) is 3.97. The van der Waals surface area contributed by atoms with E-state index in [4.69, 9.17) is 26.4 Å². The second-order valence-corrected chi connectivity index (χ2v) is 8.75. The molecule has 1 atom stereocenters. The number of carbonyl (C=O) groups excluding carboxylic acids is 2. The summed E-state index contributed by atoms with van der Waals surface area (Å²) < 4.78 is 16.9. The summed E-state index contributed by atoms with van der Waals surface area (Å²) in [7, 11) is 0. The summed E-state index contributed by atoms with van der Waals surface area (Å²) in [5.74, 6) is 0.615. The number of carbonyl (C=O) groups is 2. The second kappa shape index (κ2) is 13.4. The predicted molar refractivity (Wildman–Crippen MR) is 145 cm³/mol. The second-order valence-electron chi connectivity index (χ2n) is 8.34. The van der Waals surface area contributed by atoms with Crippen molar-refractivity contribution in [3.63, 3.8) is 0 Å². The quantitative estimate of drug-likeness (QED) is 0.273. The van der Waals surface area contributed by atoms with Crippen molar-refractivity contribution in [3.05, 3.63) is 90.0 Å². The SMILES string of the molecule is O=C(NCC1CCCO1)c1ccc(NC(=S)NC(=O)c2ccccc2OCCOc2ccccc2)cc1. The highest BCUT2D eigenvalue weighted by molar-refractivity contribution is 7.80. The summed E-state index contributed by atoms with van der Waals surface area (Å²) in [6, 6.07) is 23.2. The Morgan fingerprint density at radius 2 is 1.62 bits per heavy atom. The number of amides is 2. The Balaban J connectivity index is 1.24. The topological polar surface area (TPSA) is 97.9 Å². The Hall–Kier alpha value is -3.95. The van der Waals surface area contributed by atoms with Crippen LogP contribution in [-0.2, 0) is 4.74 Å². The molecule has 1 fully saturated rings. The third-order valence-corrected chi connectivity index (χ3v) is 5.83. The lowest BCUT2D eigenvalue weighted by Crippen LogP contribution is -2.34. The van der Waals surface area contributed by atoms with Crippen LogP contribution in [0.15, 0.2) is 78.9 Å². The van der Waals surface area contributed by atoms with Crippen molar-refractivity contribution in [1.29, 1.82) is 0 Å². The number of anilines is 1. The van der Waals surface area contributed by atoms with E-state index < -0.39 is 5.91 Å². The third-order valence-electron chi connectivity index (χ3n) is 5.63. The molecular weight excluding hydrogens is 490 g/mol. The van der Waals surface area contributed by atoms with Crippen molar-refractivity contribution in [1.82, 2.24) is 10.6 Å². The van der Waals surface area contributed by atoms with Crippen molar-refractivity contribution in [3.8, 4) is 11.5 Å². The lowest BCUT2D eigenvalue weighted by Gasteiger charge is -2.14. The Bertz CT molecular complexity index is 1200. The molecule has 37 heavy (non-hydrogen) atoms. The van der Waals surface area contributed by atoms with Gasteiger partial charge in [0.2, 0.25) is 0 Å². The number of thiocarbonyl (C=S) groups is 1. The van der Waals surface area contributed by atoms with Gasteiger partial charge in [-0.15, -0.1) is 0 Å². The van der Waals surface area contributed by atoms with Gasteiger partial charge in [-0.3, -0.25) is 14.9 Å². The summed E-state index contributed by atoms with van der Waals surface area (Å²) in [5.41, 5.74) is 1.52. The molecule has 3 aromatic carbocycles. The Labute approximate surface area is 221 Å². The van der Waals surface area contributed by atoms with Crippen LogP contribution in [0.4, 0.5) is 5.69 Å². The average Bonchev–Trinajstić information content (AvgIpc) is 3.45. The van der Waals surface area contributed by atoms with E-state index in [1.165, 1.54) is 0 Å². The van der Waals surface area contributed by atoms with Gasteiger partial charge in [-0.2, -0.15) is 0 Å². The molecule has 8 nitrogen and oxygen atoms in total. The highest BCUT2D eigenvalue weighted by Crippen LogP contribution is 2.18. The van der Waals surface area contributed by atoms with Gasteiger partial charge in [0.25, 0.3) is 11.8 Å². The van der Waals surface area contributed by atoms with E-state index in [2.05, 4.69) is 16.0 Å². The molecule has 2 amide bonds. The first-order chi connectivity index (χ1) is 18.1. The molecule has 1 saturated heterocycles. The van der Waals surface area contributed by atoms with Crippen LogP contribution in [0, 0.1) is 0 Å². The number of para-hydroxylation sites is 2. The summed E-state index contributed by atoms with van der Waals surface area (Å²) in [4.78, 5) is 25.2. The van der Waals surface area contributed by atoms with Gasteiger partial charge in [0.1, 0.15) is 24.7 Å². The molecule has 1 unspecified atom stereocenters. The van der Waals surface area contributed by atoms with Crippen LogP contribution in [0.25, 0.3) is 0 Å². The molecule has 1 aliphatic heterocycles. The van der Waals surface area contributed by atoms with Crippen LogP contribution in [0.5, 0.6) is 11.5 Å². The van der Waals surface area contributed by atoms with Gasteiger partial charge in [-0.1, -0.05) is 30.3 Å². The molecule has 0 spiro atoms. The van der Waals surface area contributed by atoms with Gasteiger partial charge in [-0.05, 0) is 73.6 Å². The lowest BCUT2D eigenvalue weighted by atomic mass is 10.2. The number of benzene rings is 3. The molecule has 4 rings (SSSR count). The van der Waals surface area contributed by atoms with Crippen molar-refractivity contribution >= 4 is 34.8 Å². The standard InChI is InChI=1S/C28H29N3O5S/c32-26(29-19-23-9-6-16-34-23)20-12-14-21(15-13-20)30-28(37)31-27(33)24-10-4-5-11-25(24)36-18-17-35-22-7-2-1-3-8-22/h1-5,7-8,10-15,23H,6,9,16-19H2,(H,29,32)(H2,30,31,33,37). The van der Waals surface area contributed by atoms with Gasteiger partial charge in [0, 0.05) is 24.4 Å². The van der Waals surface area contributed by atoms with Crippen LogP contribution in [0.2, 0.25) is 0 Å². The number of hydrogen-bond acceptors (Lipinski definition) is 6. The highest BCUT2D eigenvalue weighted by Gasteiger charge is 2.17. The molecule has 3 N–H and O–H groups in total. The van der Waals surface area contributed by atoms with Gasteiger partial charge in [-0.25, -0.2) is 0 Å². The lowest BCUT2D eigenvalue weighted by molar-refractivity contribution is 0.0857. The van der Waals surface area contributed by atoms with Crippen LogP contribution in [-0.4, -0.2) is 49.4 Å². The Morgan fingerprint density at radius 1 is 0.892 bits per heavy atom. The number of ether oxygens (including phenoxy) is 3. The maximum atomic E-state index is 12.8. The molecule has 1 heterocycles. The van der Waals surface area contributed by atoms with E-state index in [1.807, 2.05) is 30.3 Å². The molecule has 0 bridgehead atoms. The summed E-state index contributed by atoms with van der Waals surface area (Å²) in [6.07, 6.45) is 2.08. The third kappa shape index (κ3) is 8.03. The number of nitrogens with one attached hydrogen (secondary N) is 3. The van der Waals surface area contributed by atoms with Crippen LogP contribution in [0.3, 0.4) is 0 Å². The smallest absolute Gasteiger partial charge is 0.261 e. The normalized spacial score (nSPS) is 14.4. The number of rotatable bonds is 10. The van der Waals surface area contributed by atoms with E-state index in [9.17, 15) is 9.59 Å². The largest absolute Gasteiger partial charge is 0.490 e. The van der Waals surface area contributed by atoms with E-state index >= 15 is 0 Å². The fourth-order valence-electron chi connectivity index (χ4n) is 3.76. The Morgan fingerprint density at radius 3 is 2.38 bits per heavy atom. The van der Waals surface area contributed by atoms with Gasteiger partial charge in [0.15, 0.2) is 5.11 Å². The molecule has 3 aromatic rings. The average molecular weight is 520 g/mol. The number of hydrogen-bond donors (Lipinski definition) is 3. The first kappa shape index (κ1) is 26.1. The van der Waals surface area contributed by atoms with Crippen LogP contribution >= 0.6 is 12.2 Å². The molecule has 0 radical (unpaired) electrons. The van der Waals surface area contributed by atoms with E-state index in [-0.39, 0.29) is 23.7 Å². The first-order valence-electron chi connectivity index (χ1n) is 12.1. The molecule has 9 heteroatoms. The minimum Gasteiger partial charge on any atom is -0.490 e. The van der Waals surface area contributed by atoms with Crippen molar-refractivity contribution in [2.24, 2.45) is 0 Å². The molecule has 0 saturated carbocycles. The molecular formula is C28H29N3O5S. The minimum atomic E-state index is -0.401. The molecule has 0 aromatic heterocycles. The maximum Gasteiger partial charge on any atom is 0.261 e. The van der Waals surface area contributed by atoms with Crippen molar-refractivity contribution in [2.75, 3.05) is 31.7 Å². The summed E-state index contributed by atoms with van der Waals surface area (Å²) in [5, 5.41) is 8.65. The molecule has 1 aliphatic rings. The van der Waals surface area contributed by atoms with Crippen molar-refractivity contribution in [2.45, 2.75) is 18.9 Å². The van der Waals surface area contributed by atoms with Gasteiger partial charge < -0.3 is 24.8 Å². The van der Waals surface area contributed by atoms with E-state index in [0.717, 1.165) is 25.2 Å². The summed E-state index contributed by atoms with van der Waals surface area (Å²) >= 11 is 5.31. The molecule has 192 valence electrons. The molecule has 0 aliphatic carbocycles. The van der Waals surface area contributed by atoms with E-state index in [0.29, 0.717) is 35.7 Å². The predicted octanol–water partition coefficient (Wildman–Crippen LogP) is 4.18. The van der Waals surface area contributed by atoms with Gasteiger partial charge in [0.05, 0.1) is 11.7 Å². The zero-order chi connectivity index (χ0) is 25.9. The summed E-state index contributed by atoms with van der Waals surface area (Å²) in [6.45, 7) is 1.86. The van der Waals surface area contributed by atoms with Gasteiger partial charge >= 0.3 is 0 Å². The Kier molecular flexibility index (Phi) is 9.45. The van der Waals surface area contributed by atoms with Crippen LogP contribution in [0.1, 0.15) is 33.6 Å². The highest BCUT2D eigenvalue weighted by atomic mass is 32.1. The minimum absolute atomic E-state index is 0.0871. The van der Waals surface area contributed by atoms with E-state index in [1.54, 1.807) is 48.5 Å². The van der Waals surface area contributed by atoms with Crippen molar-refractivity contribution < 1.29 is 23.8 Å². The zero-order valence-electron chi connectivity index (χ0n) is 20.3. The van der Waals surface area contributed by atoms with Crippen LogP contribution < -0.4 is 25.4 Å².